The molecule has 5 nitrogen and oxygen atoms in total. The van der Waals surface area contributed by atoms with Gasteiger partial charge in [-0.1, -0.05) is 11.6 Å². The van der Waals surface area contributed by atoms with Crippen molar-refractivity contribution in [2.24, 2.45) is 0 Å². The summed E-state index contributed by atoms with van der Waals surface area (Å²) >= 11 is 6.02. The number of non-ortho nitro benzene ring substituents is 1. The SMILES string of the molecule is CC(C)N(CCO)c1ccc([N+](=O)[O-])cc1Cl. The second-order valence-electron chi connectivity index (χ2n) is 3.90. The smallest absolute Gasteiger partial charge is 0.271 e. The van der Waals surface area contributed by atoms with E-state index in [0.717, 1.165) is 0 Å². The van der Waals surface area contributed by atoms with Crippen LogP contribution in [0.3, 0.4) is 0 Å². The zero-order chi connectivity index (χ0) is 13.0. The standard InChI is InChI=1S/C11H15ClN2O3/c1-8(2)13(5-6-15)11-4-3-9(14(16)17)7-10(11)12/h3-4,7-8,15H,5-6H2,1-2H3. The van der Waals surface area contributed by atoms with Crippen molar-refractivity contribution in [2.75, 3.05) is 18.1 Å². The van der Waals surface area contributed by atoms with Crippen molar-refractivity contribution in [1.82, 2.24) is 0 Å². The Morgan fingerprint density at radius 2 is 2.18 bits per heavy atom. The van der Waals surface area contributed by atoms with Crippen LogP contribution in [0, 0.1) is 10.1 Å². The topological polar surface area (TPSA) is 66.6 Å². The first-order valence-corrected chi connectivity index (χ1v) is 5.66. The van der Waals surface area contributed by atoms with Crippen LogP contribution >= 0.6 is 11.6 Å². The van der Waals surface area contributed by atoms with Gasteiger partial charge in [0, 0.05) is 24.7 Å². The minimum Gasteiger partial charge on any atom is -0.395 e. The number of anilines is 1. The van der Waals surface area contributed by atoms with Gasteiger partial charge in [0.05, 0.1) is 22.2 Å². The number of nitro benzene ring substituents is 1. The van der Waals surface area contributed by atoms with Gasteiger partial charge in [-0.2, -0.15) is 0 Å². The zero-order valence-corrected chi connectivity index (χ0v) is 10.5. The molecule has 1 aromatic rings. The Balaban J connectivity index is 3.08. The average molecular weight is 259 g/mol. The molecule has 0 amide bonds. The molecule has 0 radical (unpaired) electrons. The number of nitro groups is 1. The van der Waals surface area contributed by atoms with Gasteiger partial charge in [-0.05, 0) is 19.9 Å². The number of aliphatic hydroxyl groups is 1. The van der Waals surface area contributed by atoms with E-state index in [9.17, 15) is 10.1 Å². The summed E-state index contributed by atoms with van der Waals surface area (Å²) in [6.07, 6.45) is 0. The molecule has 0 aliphatic rings. The molecule has 1 N–H and O–H groups in total. The van der Waals surface area contributed by atoms with Crippen LogP contribution in [0.25, 0.3) is 0 Å². The van der Waals surface area contributed by atoms with Crippen molar-refractivity contribution in [3.05, 3.63) is 33.3 Å². The third-order valence-electron chi connectivity index (χ3n) is 2.42. The van der Waals surface area contributed by atoms with Gasteiger partial charge in [0.2, 0.25) is 0 Å². The number of rotatable bonds is 5. The molecule has 0 saturated heterocycles. The highest BCUT2D eigenvalue weighted by molar-refractivity contribution is 6.33. The molecule has 0 aromatic heterocycles. The predicted octanol–water partition coefficient (Wildman–Crippen LogP) is 2.46. The number of halogens is 1. The molecule has 0 saturated carbocycles. The highest BCUT2D eigenvalue weighted by Gasteiger charge is 2.16. The zero-order valence-electron chi connectivity index (χ0n) is 9.76. The maximum atomic E-state index is 10.6. The summed E-state index contributed by atoms with van der Waals surface area (Å²) in [5, 5.41) is 19.9. The second-order valence-corrected chi connectivity index (χ2v) is 4.31. The summed E-state index contributed by atoms with van der Waals surface area (Å²) in [4.78, 5) is 12.0. The molecule has 94 valence electrons. The van der Waals surface area contributed by atoms with Gasteiger partial charge in [0.15, 0.2) is 0 Å². The van der Waals surface area contributed by atoms with Crippen LogP contribution in [0.5, 0.6) is 0 Å². The Bertz CT molecular complexity index is 410. The van der Waals surface area contributed by atoms with Gasteiger partial charge in [0.1, 0.15) is 0 Å². The summed E-state index contributed by atoms with van der Waals surface area (Å²) in [5.41, 5.74) is 0.660. The fourth-order valence-corrected chi connectivity index (χ4v) is 1.89. The maximum Gasteiger partial charge on any atom is 0.271 e. The van der Waals surface area contributed by atoms with Crippen LogP contribution in [0.2, 0.25) is 5.02 Å². The van der Waals surface area contributed by atoms with E-state index in [0.29, 0.717) is 17.3 Å². The monoisotopic (exact) mass is 258 g/mol. The molecule has 0 unspecified atom stereocenters. The Hall–Kier alpha value is -1.33. The molecule has 0 aliphatic heterocycles. The lowest BCUT2D eigenvalue weighted by Crippen LogP contribution is -2.33. The van der Waals surface area contributed by atoms with Gasteiger partial charge < -0.3 is 10.0 Å². The Kier molecular flexibility index (Phi) is 4.72. The number of hydrogen-bond donors (Lipinski definition) is 1. The average Bonchev–Trinajstić information content (AvgIpc) is 2.26. The number of benzene rings is 1. The fourth-order valence-electron chi connectivity index (χ4n) is 1.61. The molecule has 6 heteroatoms. The van der Waals surface area contributed by atoms with E-state index in [1.165, 1.54) is 12.1 Å². The van der Waals surface area contributed by atoms with Crippen molar-refractivity contribution in [1.29, 1.82) is 0 Å². The molecule has 17 heavy (non-hydrogen) atoms. The van der Waals surface area contributed by atoms with Crippen molar-refractivity contribution in [2.45, 2.75) is 19.9 Å². The second kappa shape index (κ2) is 5.84. The van der Waals surface area contributed by atoms with E-state index in [4.69, 9.17) is 16.7 Å². The third kappa shape index (κ3) is 3.31. The molecular formula is C11H15ClN2O3. The number of aliphatic hydroxyl groups excluding tert-OH is 1. The Labute approximate surface area is 105 Å². The maximum absolute atomic E-state index is 10.6. The molecule has 0 atom stereocenters. The third-order valence-corrected chi connectivity index (χ3v) is 2.72. The lowest BCUT2D eigenvalue weighted by atomic mass is 10.2. The van der Waals surface area contributed by atoms with E-state index in [-0.39, 0.29) is 18.3 Å². The van der Waals surface area contributed by atoms with Crippen molar-refractivity contribution >= 4 is 23.0 Å². The van der Waals surface area contributed by atoms with E-state index in [1.54, 1.807) is 6.07 Å². The van der Waals surface area contributed by atoms with Crippen molar-refractivity contribution < 1.29 is 10.0 Å². The van der Waals surface area contributed by atoms with Gasteiger partial charge in [-0.25, -0.2) is 0 Å². The minimum absolute atomic E-state index is 0.00545. The summed E-state index contributed by atoms with van der Waals surface area (Å²) in [6.45, 7) is 4.38. The van der Waals surface area contributed by atoms with E-state index in [1.807, 2.05) is 18.7 Å². The van der Waals surface area contributed by atoms with Crippen LogP contribution < -0.4 is 4.90 Å². The van der Waals surface area contributed by atoms with Crippen LogP contribution in [-0.4, -0.2) is 29.2 Å². The van der Waals surface area contributed by atoms with Crippen LogP contribution in [-0.2, 0) is 0 Å². The largest absolute Gasteiger partial charge is 0.395 e. The van der Waals surface area contributed by atoms with Gasteiger partial charge >= 0.3 is 0 Å². The summed E-state index contributed by atoms with van der Waals surface area (Å²) < 4.78 is 0. The minimum atomic E-state index is -0.485. The van der Waals surface area contributed by atoms with Gasteiger partial charge in [-0.3, -0.25) is 10.1 Å². The molecule has 0 spiro atoms. The molecule has 1 rings (SSSR count). The molecular weight excluding hydrogens is 244 g/mol. The first-order valence-electron chi connectivity index (χ1n) is 5.28. The van der Waals surface area contributed by atoms with Crippen LogP contribution in [0.4, 0.5) is 11.4 Å². The van der Waals surface area contributed by atoms with Crippen LogP contribution in [0.1, 0.15) is 13.8 Å². The van der Waals surface area contributed by atoms with Crippen LogP contribution in [0.15, 0.2) is 18.2 Å². The van der Waals surface area contributed by atoms with E-state index in [2.05, 4.69) is 0 Å². The number of nitrogens with zero attached hydrogens (tertiary/aromatic N) is 2. The first-order chi connectivity index (χ1) is 7.97. The fraction of sp³-hybridized carbons (Fsp3) is 0.455. The van der Waals surface area contributed by atoms with E-state index < -0.39 is 4.92 Å². The first kappa shape index (κ1) is 13.7. The van der Waals surface area contributed by atoms with Gasteiger partial charge in [0.25, 0.3) is 5.69 Å². The van der Waals surface area contributed by atoms with Crippen molar-refractivity contribution in [3.8, 4) is 0 Å². The predicted molar refractivity (Wildman–Crippen MR) is 67.7 cm³/mol. The normalized spacial score (nSPS) is 10.6. The molecule has 1 aromatic carbocycles. The highest BCUT2D eigenvalue weighted by Crippen LogP contribution is 2.30. The highest BCUT2D eigenvalue weighted by atomic mass is 35.5. The Morgan fingerprint density at radius 3 is 2.59 bits per heavy atom. The quantitative estimate of drug-likeness (QED) is 0.651. The molecule has 0 heterocycles. The Morgan fingerprint density at radius 1 is 1.53 bits per heavy atom. The molecule has 0 bridgehead atoms. The van der Waals surface area contributed by atoms with Crippen molar-refractivity contribution in [3.63, 3.8) is 0 Å². The molecule has 0 aliphatic carbocycles. The lowest BCUT2D eigenvalue weighted by molar-refractivity contribution is -0.384. The number of hydrogen-bond acceptors (Lipinski definition) is 4. The molecule has 0 fully saturated rings. The lowest BCUT2D eigenvalue weighted by Gasteiger charge is -2.28. The summed E-state index contributed by atoms with van der Waals surface area (Å²) in [6, 6.07) is 4.49. The summed E-state index contributed by atoms with van der Waals surface area (Å²) in [5.74, 6) is 0. The summed E-state index contributed by atoms with van der Waals surface area (Å²) in [7, 11) is 0. The van der Waals surface area contributed by atoms with Gasteiger partial charge in [-0.15, -0.1) is 0 Å². The van der Waals surface area contributed by atoms with E-state index >= 15 is 0 Å².